The molecule has 0 bridgehead atoms. The van der Waals surface area contributed by atoms with E-state index in [0.29, 0.717) is 11.6 Å². The van der Waals surface area contributed by atoms with Crippen molar-refractivity contribution in [2.45, 2.75) is 25.9 Å². The van der Waals surface area contributed by atoms with Crippen LogP contribution in [0.25, 0.3) is 0 Å². The van der Waals surface area contributed by atoms with Crippen LogP contribution in [0.1, 0.15) is 24.0 Å². The summed E-state index contributed by atoms with van der Waals surface area (Å²) in [7, 11) is 0. The number of benzene rings is 2. The van der Waals surface area contributed by atoms with E-state index in [0.717, 1.165) is 43.1 Å². The normalized spacial score (nSPS) is 18.1. The number of nitrogens with zero attached hydrogens (tertiary/aromatic N) is 1. The maximum absolute atomic E-state index is 12.5. The van der Waals surface area contributed by atoms with E-state index in [1.807, 2.05) is 42.5 Å². The fraction of sp³-hybridized carbons (Fsp3) is 0.350. The van der Waals surface area contributed by atoms with E-state index in [-0.39, 0.29) is 11.8 Å². The highest BCUT2D eigenvalue weighted by Gasteiger charge is 2.25. The van der Waals surface area contributed by atoms with Gasteiger partial charge in [0.1, 0.15) is 0 Å². The van der Waals surface area contributed by atoms with Crippen LogP contribution in [0.3, 0.4) is 0 Å². The molecular formula is C20H22Cl2N2O. The lowest BCUT2D eigenvalue weighted by Crippen LogP contribution is -2.42. The second kappa shape index (κ2) is 8.70. The molecular weight excluding hydrogens is 355 g/mol. The van der Waals surface area contributed by atoms with Crippen LogP contribution in [0.2, 0.25) is 10.0 Å². The van der Waals surface area contributed by atoms with Crippen LogP contribution < -0.4 is 5.32 Å². The van der Waals surface area contributed by atoms with Gasteiger partial charge in [0.15, 0.2) is 0 Å². The number of carbonyl (C=O) groups is 1. The molecule has 132 valence electrons. The summed E-state index contributed by atoms with van der Waals surface area (Å²) in [5.74, 6) is 0.172. The van der Waals surface area contributed by atoms with Gasteiger partial charge >= 0.3 is 0 Å². The molecule has 2 aromatic rings. The summed E-state index contributed by atoms with van der Waals surface area (Å²) in [6, 6.07) is 15.5. The predicted molar refractivity (Wildman–Crippen MR) is 103 cm³/mol. The van der Waals surface area contributed by atoms with Crippen LogP contribution in [0.15, 0.2) is 48.5 Å². The monoisotopic (exact) mass is 376 g/mol. The average Bonchev–Trinajstić information content (AvgIpc) is 2.61. The third-order valence-electron chi connectivity index (χ3n) is 4.55. The summed E-state index contributed by atoms with van der Waals surface area (Å²) in [6.07, 6.45) is 1.98. The fourth-order valence-corrected chi connectivity index (χ4v) is 3.58. The maximum atomic E-state index is 12.5. The van der Waals surface area contributed by atoms with Crippen molar-refractivity contribution in [1.82, 2.24) is 10.2 Å². The first-order valence-electron chi connectivity index (χ1n) is 8.59. The van der Waals surface area contributed by atoms with Gasteiger partial charge < -0.3 is 5.32 Å². The van der Waals surface area contributed by atoms with Crippen molar-refractivity contribution in [3.63, 3.8) is 0 Å². The van der Waals surface area contributed by atoms with Gasteiger partial charge in [0.2, 0.25) is 5.91 Å². The number of carbonyl (C=O) groups excluding carboxylic acids is 1. The summed E-state index contributed by atoms with van der Waals surface area (Å²) in [6.45, 7) is 3.19. The Kier molecular flexibility index (Phi) is 6.35. The Morgan fingerprint density at radius 1 is 1.08 bits per heavy atom. The summed E-state index contributed by atoms with van der Waals surface area (Å²) in [4.78, 5) is 14.8. The highest BCUT2D eigenvalue weighted by atomic mass is 35.5. The molecule has 2 aromatic carbocycles. The average molecular weight is 377 g/mol. The van der Waals surface area contributed by atoms with Gasteiger partial charge in [0.25, 0.3) is 0 Å². The first-order valence-corrected chi connectivity index (χ1v) is 9.35. The minimum absolute atomic E-state index is 0.0419. The second-order valence-corrected chi connectivity index (χ2v) is 7.42. The molecule has 3 nitrogen and oxygen atoms in total. The molecule has 1 fully saturated rings. The van der Waals surface area contributed by atoms with E-state index in [2.05, 4.69) is 16.3 Å². The lowest BCUT2D eigenvalue weighted by Gasteiger charge is -2.32. The zero-order valence-electron chi connectivity index (χ0n) is 14.1. The summed E-state index contributed by atoms with van der Waals surface area (Å²) >= 11 is 11.9. The molecule has 1 atom stereocenters. The minimum Gasteiger partial charge on any atom is -0.352 e. The minimum atomic E-state index is 0.0419. The Bertz CT molecular complexity index is 718. The van der Waals surface area contributed by atoms with Gasteiger partial charge in [0, 0.05) is 29.7 Å². The molecule has 1 amide bonds. The summed E-state index contributed by atoms with van der Waals surface area (Å²) < 4.78 is 0. The quantitative estimate of drug-likeness (QED) is 0.831. The van der Waals surface area contributed by atoms with E-state index in [1.165, 1.54) is 5.56 Å². The summed E-state index contributed by atoms with van der Waals surface area (Å²) in [5, 5.41) is 4.52. The highest BCUT2D eigenvalue weighted by molar-refractivity contribution is 6.30. The number of likely N-dealkylation sites (tertiary alicyclic amines) is 1. The largest absolute Gasteiger partial charge is 0.352 e. The van der Waals surface area contributed by atoms with Gasteiger partial charge in [0.05, 0.1) is 5.92 Å². The second-order valence-electron chi connectivity index (χ2n) is 6.55. The molecule has 1 aliphatic rings. The molecule has 0 aromatic heterocycles. The molecule has 3 rings (SSSR count). The van der Waals surface area contributed by atoms with Crippen LogP contribution in [-0.4, -0.2) is 23.9 Å². The third-order valence-corrected chi connectivity index (χ3v) is 5.04. The Morgan fingerprint density at radius 3 is 2.64 bits per heavy atom. The number of nitrogens with one attached hydrogen (secondary N) is 1. The molecule has 0 spiro atoms. The van der Waals surface area contributed by atoms with E-state index in [9.17, 15) is 4.79 Å². The Morgan fingerprint density at radius 2 is 1.88 bits per heavy atom. The molecule has 1 aliphatic heterocycles. The molecule has 5 heteroatoms. The van der Waals surface area contributed by atoms with Crippen molar-refractivity contribution < 1.29 is 4.79 Å². The molecule has 25 heavy (non-hydrogen) atoms. The number of amides is 1. The van der Waals surface area contributed by atoms with Gasteiger partial charge in [-0.05, 0) is 54.8 Å². The molecule has 1 saturated heterocycles. The molecule has 1 heterocycles. The molecule has 1 unspecified atom stereocenters. The van der Waals surface area contributed by atoms with Gasteiger partial charge in [-0.1, -0.05) is 47.5 Å². The van der Waals surface area contributed by atoms with E-state index in [4.69, 9.17) is 23.2 Å². The third kappa shape index (κ3) is 5.46. The van der Waals surface area contributed by atoms with E-state index in [1.54, 1.807) is 0 Å². The van der Waals surface area contributed by atoms with Crippen LogP contribution >= 0.6 is 23.2 Å². The number of hydrogen-bond donors (Lipinski definition) is 1. The standard InChI is InChI=1S/C20H22Cl2N2O/c21-18-8-6-15(7-9-18)12-23-20(25)17-4-2-10-24(14-17)13-16-3-1-5-19(22)11-16/h1,3,5-9,11,17H,2,4,10,12-14H2,(H,23,25). The van der Waals surface area contributed by atoms with Gasteiger partial charge in [-0.15, -0.1) is 0 Å². The number of piperidine rings is 1. The first-order chi connectivity index (χ1) is 12.1. The molecule has 0 radical (unpaired) electrons. The van der Waals surface area contributed by atoms with Crippen molar-refractivity contribution in [1.29, 1.82) is 0 Å². The number of hydrogen-bond acceptors (Lipinski definition) is 2. The first kappa shape index (κ1) is 18.2. The smallest absolute Gasteiger partial charge is 0.224 e. The SMILES string of the molecule is O=C(NCc1ccc(Cl)cc1)C1CCCN(Cc2cccc(Cl)c2)C1. The lowest BCUT2D eigenvalue weighted by atomic mass is 9.96. The zero-order chi connectivity index (χ0) is 17.6. The van der Waals surface area contributed by atoms with Crippen LogP contribution in [-0.2, 0) is 17.9 Å². The lowest BCUT2D eigenvalue weighted by molar-refractivity contribution is -0.126. The van der Waals surface area contributed by atoms with Crippen molar-refractivity contribution in [3.8, 4) is 0 Å². The Hall–Kier alpha value is -1.55. The van der Waals surface area contributed by atoms with Crippen LogP contribution in [0, 0.1) is 5.92 Å². The Balaban J connectivity index is 1.51. The van der Waals surface area contributed by atoms with Gasteiger partial charge in [-0.25, -0.2) is 0 Å². The topological polar surface area (TPSA) is 32.3 Å². The van der Waals surface area contributed by atoms with Crippen molar-refractivity contribution in [2.75, 3.05) is 13.1 Å². The number of rotatable bonds is 5. The summed E-state index contributed by atoms with van der Waals surface area (Å²) in [5.41, 5.74) is 2.25. The maximum Gasteiger partial charge on any atom is 0.224 e. The highest BCUT2D eigenvalue weighted by Crippen LogP contribution is 2.20. The van der Waals surface area contributed by atoms with E-state index >= 15 is 0 Å². The van der Waals surface area contributed by atoms with Crippen molar-refractivity contribution >= 4 is 29.1 Å². The zero-order valence-corrected chi connectivity index (χ0v) is 15.6. The molecule has 0 saturated carbocycles. The van der Waals surface area contributed by atoms with Gasteiger partial charge in [-0.2, -0.15) is 0 Å². The Labute approximate surface area is 158 Å². The fourth-order valence-electron chi connectivity index (χ4n) is 3.24. The van der Waals surface area contributed by atoms with E-state index < -0.39 is 0 Å². The van der Waals surface area contributed by atoms with Crippen LogP contribution in [0.5, 0.6) is 0 Å². The van der Waals surface area contributed by atoms with Crippen molar-refractivity contribution in [3.05, 3.63) is 69.7 Å². The van der Waals surface area contributed by atoms with Crippen molar-refractivity contribution in [2.24, 2.45) is 5.92 Å². The molecule has 1 N–H and O–H groups in total. The van der Waals surface area contributed by atoms with Gasteiger partial charge in [-0.3, -0.25) is 9.69 Å². The molecule has 0 aliphatic carbocycles. The predicted octanol–water partition coefficient (Wildman–Crippen LogP) is 4.52. The number of halogens is 2. The van der Waals surface area contributed by atoms with Crippen LogP contribution in [0.4, 0.5) is 0 Å².